The molecule has 0 saturated carbocycles. The third kappa shape index (κ3) is 8.02. The van der Waals surface area contributed by atoms with Gasteiger partial charge in [0.1, 0.15) is 5.60 Å². The van der Waals surface area contributed by atoms with Crippen LogP contribution in [0, 0.1) is 5.92 Å². The molecule has 1 aliphatic rings. The van der Waals surface area contributed by atoms with Crippen LogP contribution in [0.1, 0.15) is 73.1 Å². The first kappa shape index (κ1) is 19.3. The van der Waals surface area contributed by atoms with Gasteiger partial charge >= 0.3 is 6.09 Å². The van der Waals surface area contributed by atoms with Crippen LogP contribution in [0.3, 0.4) is 0 Å². The highest BCUT2D eigenvalue weighted by Gasteiger charge is 2.29. The fourth-order valence-corrected chi connectivity index (χ4v) is 2.84. The molecule has 1 N–H and O–H groups in total. The Hall–Kier alpha value is -0.770. The summed E-state index contributed by atoms with van der Waals surface area (Å²) in [6, 6.07) is 0.286. The number of nitrogens with one attached hydrogen (secondary N) is 1. The number of hydrogen-bond acceptors (Lipinski definition) is 3. The predicted octanol–water partition coefficient (Wildman–Crippen LogP) is 4.19. The molecule has 0 spiro atoms. The van der Waals surface area contributed by atoms with Crippen molar-refractivity contribution in [3.05, 3.63) is 0 Å². The molecule has 22 heavy (non-hydrogen) atoms. The molecular weight excluding hydrogens is 276 g/mol. The normalized spacial score (nSPS) is 19.5. The van der Waals surface area contributed by atoms with Crippen LogP contribution in [-0.4, -0.2) is 42.3 Å². The van der Waals surface area contributed by atoms with Crippen molar-refractivity contribution in [1.82, 2.24) is 10.2 Å². The molecule has 1 atom stereocenters. The molecule has 1 fully saturated rings. The van der Waals surface area contributed by atoms with Crippen LogP contribution >= 0.6 is 0 Å². The number of carbonyl (C=O) groups is 1. The Morgan fingerprint density at radius 1 is 1.27 bits per heavy atom. The number of rotatable bonds is 7. The Balaban J connectivity index is 2.31. The lowest BCUT2D eigenvalue weighted by atomic mass is 10.0. The van der Waals surface area contributed by atoms with Crippen LogP contribution in [-0.2, 0) is 4.74 Å². The van der Waals surface area contributed by atoms with Gasteiger partial charge in [0.25, 0.3) is 0 Å². The standard InChI is InChI=1S/C18H36N2O2/c1-15(2)10-6-8-12-19-14-16-11-7-9-13-20(16)17(21)22-18(3,4)5/h15-16,19H,6-14H2,1-5H3. The SMILES string of the molecule is CC(C)CCCCNCC1CCCCN1C(=O)OC(C)(C)C. The van der Waals surface area contributed by atoms with Crippen LogP contribution in [0.4, 0.5) is 4.79 Å². The van der Waals surface area contributed by atoms with Crippen LogP contribution in [0.5, 0.6) is 0 Å². The molecule has 4 heteroatoms. The van der Waals surface area contributed by atoms with E-state index in [1.165, 1.54) is 25.7 Å². The first-order chi connectivity index (χ1) is 10.3. The van der Waals surface area contributed by atoms with Gasteiger partial charge in [0, 0.05) is 19.1 Å². The number of unbranched alkanes of at least 4 members (excludes halogenated alkanes) is 1. The van der Waals surface area contributed by atoms with E-state index in [4.69, 9.17) is 4.74 Å². The predicted molar refractivity (Wildman–Crippen MR) is 92.1 cm³/mol. The van der Waals surface area contributed by atoms with Crippen molar-refractivity contribution in [3.63, 3.8) is 0 Å². The van der Waals surface area contributed by atoms with Gasteiger partial charge in [-0.2, -0.15) is 0 Å². The van der Waals surface area contributed by atoms with E-state index in [9.17, 15) is 4.79 Å². The fraction of sp³-hybridized carbons (Fsp3) is 0.944. The second-order valence-corrected chi connectivity index (χ2v) is 7.92. The van der Waals surface area contributed by atoms with Crippen molar-refractivity contribution in [3.8, 4) is 0 Å². The van der Waals surface area contributed by atoms with Gasteiger partial charge in [0.15, 0.2) is 0 Å². The highest BCUT2D eigenvalue weighted by molar-refractivity contribution is 5.68. The maximum absolute atomic E-state index is 12.3. The van der Waals surface area contributed by atoms with Crippen molar-refractivity contribution < 1.29 is 9.53 Å². The Morgan fingerprint density at radius 2 is 2.00 bits per heavy atom. The number of hydrogen-bond donors (Lipinski definition) is 1. The third-order valence-corrected chi connectivity index (χ3v) is 4.02. The summed E-state index contributed by atoms with van der Waals surface area (Å²) < 4.78 is 5.54. The zero-order valence-electron chi connectivity index (χ0n) is 15.3. The summed E-state index contributed by atoms with van der Waals surface area (Å²) in [6.45, 7) is 13.1. The zero-order valence-corrected chi connectivity index (χ0v) is 15.3. The monoisotopic (exact) mass is 312 g/mol. The number of ether oxygens (including phenoxy) is 1. The van der Waals surface area contributed by atoms with Crippen molar-refractivity contribution in [2.75, 3.05) is 19.6 Å². The number of piperidine rings is 1. The number of carbonyl (C=O) groups excluding carboxylic acids is 1. The summed E-state index contributed by atoms with van der Waals surface area (Å²) in [6.07, 6.45) is 7.03. The largest absolute Gasteiger partial charge is 0.444 e. The number of amides is 1. The molecule has 1 aliphatic heterocycles. The summed E-state index contributed by atoms with van der Waals surface area (Å²) >= 11 is 0. The summed E-state index contributed by atoms with van der Waals surface area (Å²) in [7, 11) is 0. The lowest BCUT2D eigenvalue weighted by Gasteiger charge is -2.37. The van der Waals surface area contributed by atoms with E-state index in [0.29, 0.717) is 0 Å². The van der Waals surface area contributed by atoms with Gasteiger partial charge in [-0.25, -0.2) is 4.79 Å². The van der Waals surface area contributed by atoms with Crippen LogP contribution in [0.15, 0.2) is 0 Å². The minimum atomic E-state index is -0.413. The fourth-order valence-electron chi connectivity index (χ4n) is 2.84. The molecule has 0 radical (unpaired) electrons. The van der Waals surface area contributed by atoms with Crippen molar-refractivity contribution in [2.45, 2.75) is 84.8 Å². The molecule has 1 unspecified atom stereocenters. The molecule has 0 aromatic rings. The summed E-state index contributed by atoms with van der Waals surface area (Å²) in [5.41, 5.74) is -0.413. The Kier molecular flexibility index (Phi) is 8.23. The quantitative estimate of drug-likeness (QED) is 0.717. The molecule has 130 valence electrons. The number of likely N-dealkylation sites (tertiary alicyclic amines) is 1. The van der Waals surface area contributed by atoms with Gasteiger partial charge < -0.3 is 15.0 Å². The van der Waals surface area contributed by atoms with E-state index in [1.807, 2.05) is 25.7 Å². The van der Waals surface area contributed by atoms with E-state index in [-0.39, 0.29) is 12.1 Å². The molecule has 0 aromatic carbocycles. The summed E-state index contributed by atoms with van der Waals surface area (Å²) in [5.74, 6) is 0.793. The molecule has 4 nitrogen and oxygen atoms in total. The summed E-state index contributed by atoms with van der Waals surface area (Å²) in [4.78, 5) is 14.2. The van der Waals surface area contributed by atoms with E-state index in [1.54, 1.807) is 0 Å². The van der Waals surface area contributed by atoms with E-state index in [2.05, 4.69) is 19.2 Å². The highest BCUT2D eigenvalue weighted by atomic mass is 16.6. The van der Waals surface area contributed by atoms with E-state index >= 15 is 0 Å². The Labute approximate surface area is 137 Å². The molecule has 1 saturated heterocycles. The topological polar surface area (TPSA) is 41.6 Å². The minimum Gasteiger partial charge on any atom is -0.444 e. The maximum atomic E-state index is 12.3. The van der Waals surface area contributed by atoms with Gasteiger partial charge in [-0.3, -0.25) is 0 Å². The van der Waals surface area contributed by atoms with Crippen LogP contribution in [0.25, 0.3) is 0 Å². The second kappa shape index (κ2) is 9.39. The van der Waals surface area contributed by atoms with Crippen LogP contribution < -0.4 is 5.32 Å². The maximum Gasteiger partial charge on any atom is 0.410 e. The summed E-state index contributed by atoms with van der Waals surface area (Å²) in [5, 5.41) is 3.53. The van der Waals surface area contributed by atoms with Gasteiger partial charge in [-0.15, -0.1) is 0 Å². The molecule has 0 aliphatic carbocycles. The highest BCUT2D eigenvalue weighted by Crippen LogP contribution is 2.20. The third-order valence-electron chi connectivity index (χ3n) is 4.02. The van der Waals surface area contributed by atoms with Crippen molar-refractivity contribution in [2.24, 2.45) is 5.92 Å². The first-order valence-electron chi connectivity index (χ1n) is 9.00. The number of nitrogens with zero attached hydrogens (tertiary/aromatic N) is 1. The second-order valence-electron chi connectivity index (χ2n) is 7.92. The molecule has 1 rings (SSSR count). The van der Waals surface area contributed by atoms with Gasteiger partial charge in [-0.05, 0) is 58.9 Å². The van der Waals surface area contributed by atoms with E-state index < -0.39 is 5.60 Å². The van der Waals surface area contributed by atoms with Gasteiger partial charge in [-0.1, -0.05) is 26.7 Å². The Bertz CT molecular complexity index is 324. The van der Waals surface area contributed by atoms with Crippen molar-refractivity contribution in [1.29, 1.82) is 0 Å². The Morgan fingerprint density at radius 3 is 2.64 bits per heavy atom. The minimum absolute atomic E-state index is 0.154. The molecule has 1 amide bonds. The van der Waals surface area contributed by atoms with E-state index in [0.717, 1.165) is 38.4 Å². The molecule has 0 aromatic heterocycles. The van der Waals surface area contributed by atoms with Gasteiger partial charge in [0.2, 0.25) is 0 Å². The molecular formula is C18H36N2O2. The molecule has 1 heterocycles. The van der Waals surface area contributed by atoms with Crippen molar-refractivity contribution >= 4 is 6.09 Å². The molecule has 0 bridgehead atoms. The van der Waals surface area contributed by atoms with Gasteiger partial charge in [0.05, 0.1) is 0 Å². The first-order valence-corrected chi connectivity index (χ1v) is 9.00. The average Bonchev–Trinajstić information content (AvgIpc) is 2.41. The lowest BCUT2D eigenvalue weighted by molar-refractivity contribution is 0.00997. The zero-order chi connectivity index (χ0) is 16.6. The average molecular weight is 312 g/mol. The van der Waals surface area contributed by atoms with Crippen LogP contribution in [0.2, 0.25) is 0 Å². The lowest BCUT2D eigenvalue weighted by Crippen LogP contribution is -2.50. The smallest absolute Gasteiger partial charge is 0.410 e.